The van der Waals surface area contributed by atoms with E-state index in [1.165, 1.54) is 29.8 Å². The molecule has 0 bridgehead atoms. The first-order valence-electron chi connectivity index (χ1n) is 8.97. The summed E-state index contributed by atoms with van der Waals surface area (Å²) in [6, 6.07) is 15.1. The number of amides is 1. The number of rotatable bonds is 7. The van der Waals surface area contributed by atoms with E-state index in [1.807, 2.05) is 29.6 Å². The van der Waals surface area contributed by atoms with Crippen molar-refractivity contribution < 1.29 is 13.9 Å². The van der Waals surface area contributed by atoms with Crippen molar-refractivity contribution in [1.29, 1.82) is 0 Å². The molecule has 0 aliphatic heterocycles. The lowest BCUT2D eigenvalue weighted by molar-refractivity contribution is 0.102. The summed E-state index contributed by atoms with van der Waals surface area (Å²) in [5, 5.41) is 9.40. The number of carbonyl (C=O) groups is 1. The molecule has 0 spiro atoms. The molecule has 1 N–H and O–H groups in total. The quantitative estimate of drug-likeness (QED) is 0.436. The van der Waals surface area contributed by atoms with Crippen LogP contribution >= 0.6 is 22.9 Å². The lowest BCUT2D eigenvalue weighted by Crippen LogP contribution is -2.12. The maximum absolute atomic E-state index is 13.2. The minimum absolute atomic E-state index is 0.206. The fourth-order valence-corrected chi connectivity index (χ4v) is 3.67. The van der Waals surface area contributed by atoms with Crippen LogP contribution in [0, 0.1) is 5.82 Å². The average molecular weight is 443 g/mol. The van der Waals surface area contributed by atoms with Crippen molar-refractivity contribution in [2.24, 2.45) is 0 Å². The van der Waals surface area contributed by atoms with Crippen LogP contribution in [0.2, 0.25) is 5.02 Å². The standard InChI is InChI=1S/C21H16ClFN4O2S/c22-18-7-2-1-4-15(18)10-27-13-24-21(26-27)25-20(28)19-8-14(12-30-19)11-29-17-6-3-5-16(23)9-17/h1-9,12-13H,10-11H2,(H,25,26,28). The molecule has 6 nitrogen and oxygen atoms in total. The Balaban J connectivity index is 1.34. The average Bonchev–Trinajstić information content (AvgIpc) is 3.38. The Morgan fingerprint density at radius 3 is 2.90 bits per heavy atom. The van der Waals surface area contributed by atoms with Crippen LogP contribution in [-0.2, 0) is 13.2 Å². The topological polar surface area (TPSA) is 69.0 Å². The van der Waals surface area contributed by atoms with Crippen molar-refractivity contribution in [3.05, 3.63) is 93.1 Å². The molecule has 4 rings (SSSR count). The Labute approximate surface area is 180 Å². The Hall–Kier alpha value is -3.23. The molecule has 0 saturated carbocycles. The molecule has 0 fully saturated rings. The van der Waals surface area contributed by atoms with Crippen LogP contribution in [0.5, 0.6) is 5.75 Å². The fourth-order valence-electron chi connectivity index (χ4n) is 2.69. The van der Waals surface area contributed by atoms with E-state index in [2.05, 4.69) is 15.4 Å². The van der Waals surface area contributed by atoms with Gasteiger partial charge in [0.2, 0.25) is 5.95 Å². The van der Waals surface area contributed by atoms with Gasteiger partial charge in [0.05, 0.1) is 11.4 Å². The van der Waals surface area contributed by atoms with Gasteiger partial charge in [0, 0.05) is 16.7 Å². The van der Waals surface area contributed by atoms with Crippen LogP contribution in [0.1, 0.15) is 20.8 Å². The number of anilines is 1. The van der Waals surface area contributed by atoms with Gasteiger partial charge in [0.25, 0.3) is 5.91 Å². The maximum Gasteiger partial charge on any atom is 0.268 e. The first-order valence-corrected chi connectivity index (χ1v) is 10.2. The van der Waals surface area contributed by atoms with E-state index >= 15 is 0 Å². The number of carbonyl (C=O) groups excluding carboxylic acids is 1. The predicted molar refractivity (Wildman–Crippen MR) is 114 cm³/mol. The smallest absolute Gasteiger partial charge is 0.268 e. The molecule has 0 radical (unpaired) electrons. The van der Waals surface area contributed by atoms with Gasteiger partial charge < -0.3 is 4.74 Å². The zero-order chi connectivity index (χ0) is 20.9. The molecule has 0 atom stereocenters. The lowest BCUT2D eigenvalue weighted by atomic mass is 10.2. The second kappa shape index (κ2) is 9.06. The third-order valence-electron chi connectivity index (χ3n) is 4.13. The van der Waals surface area contributed by atoms with E-state index < -0.39 is 0 Å². The van der Waals surface area contributed by atoms with Crippen LogP contribution in [-0.4, -0.2) is 20.7 Å². The lowest BCUT2D eigenvalue weighted by Gasteiger charge is -2.04. The van der Waals surface area contributed by atoms with Crippen molar-refractivity contribution in [2.45, 2.75) is 13.2 Å². The number of thiophene rings is 1. The molecule has 2 heterocycles. The van der Waals surface area contributed by atoms with Crippen LogP contribution in [0.15, 0.2) is 66.3 Å². The third-order valence-corrected chi connectivity index (χ3v) is 5.48. The van der Waals surface area contributed by atoms with Crippen molar-refractivity contribution >= 4 is 34.8 Å². The van der Waals surface area contributed by atoms with Gasteiger partial charge in [-0.25, -0.2) is 14.1 Å². The summed E-state index contributed by atoms with van der Waals surface area (Å²) in [6.45, 7) is 0.682. The number of benzene rings is 2. The minimum Gasteiger partial charge on any atom is -0.489 e. The number of aromatic nitrogens is 3. The van der Waals surface area contributed by atoms with E-state index in [4.69, 9.17) is 16.3 Å². The van der Waals surface area contributed by atoms with Crippen LogP contribution in [0.3, 0.4) is 0 Å². The number of ether oxygens (including phenoxy) is 1. The first-order chi connectivity index (χ1) is 14.6. The van der Waals surface area contributed by atoms with Gasteiger partial charge in [-0.05, 0) is 35.2 Å². The first kappa shape index (κ1) is 20.1. The summed E-state index contributed by atoms with van der Waals surface area (Å²) >= 11 is 7.44. The van der Waals surface area contributed by atoms with E-state index in [-0.39, 0.29) is 24.3 Å². The van der Waals surface area contributed by atoms with E-state index in [0.717, 1.165) is 11.1 Å². The summed E-state index contributed by atoms with van der Waals surface area (Å²) in [7, 11) is 0. The van der Waals surface area contributed by atoms with Gasteiger partial charge in [0.1, 0.15) is 24.5 Å². The summed E-state index contributed by atoms with van der Waals surface area (Å²) in [4.78, 5) is 17.1. The summed E-state index contributed by atoms with van der Waals surface area (Å²) < 4.78 is 20.4. The maximum atomic E-state index is 13.2. The summed E-state index contributed by atoms with van der Waals surface area (Å²) in [5.74, 6) is -0.0367. The highest BCUT2D eigenvalue weighted by molar-refractivity contribution is 7.12. The Morgan fingerprint density at radius 1 is 1.20 bits per heavy atom. The van der Waals surface area contributed by atoms with Gasteiger partial charge in [0.15, 0.2) is 0 Å². The largest absolute Gasteiger partial charge is 0.489 e. The number of nitrogens with one attached hydrogen (secondary N) is 1. The van der Waals surface area contributed by atoms with Crippen LogP contribution < -0.4 is 10.1 Å². The Kier molecular flexibility index (Phi) is 6.06. The molecule has 152 valence electrons. The molecule has 1 amide bonds. The highest BCUT2D eigenvalue weighted by Gasteiger charge is 2.13. The summed E-state index contributed by atoms with van der Waals surface area (Å²) in [5.41, 5.74) is 1.72. The molecule has 2 aromatic heterocycles. The molecule has 2 aromatic carbocycles. The fraction of sp³-hybridized carbons (Fsp3) is 0.0952. The molecule has 4 aromatic rings. The SMILES string of the molecule is O=C(Nc1ncn(Cc2ccccc2Cl)n1)c1cc(COc2cccc(F)c2)cs1. The van der Waals surface area contributed by atoms with Gasteiger partial charge >= 0.3 is 0 Å². The van der Waals surface area contributed by atoms with Crippen molar-refractivity contribution in [3.8, 4) is 5.75 Å². The van der Waals surface area contributed by atoms with E-state index in [9.17, 15) is 9.18 Å². The number of nitrogens with zero attached hydrogens (tertiary/aromatic N) is 3. The minimum atomic E-state index is -0.362. The molecular formula is C21H16ClFN4O2S. The highest BCUT2D eigenvalue weighted by Crippen LogP contribution is 2.20. The third kappa shape index (κ3) is 5.03. The Morgan fingerprint density at radius 2 is 2.07 bits per heavy atom. The number of hydrogen-bond acceptors (Lipinski definition) is 5. The molecular weight excluding hydrogens is 427 g/mol. The van der Waals surface area contributed by atoms with Gasteiger partial charge in [-0.2, -0.15) is 0 Å². The van der Waals surface area contributed by atoms with Crippen LogP contribution in [0.4, 0.5) is 10.3 Å². The molecule has 30 heavy (non-hydrogen) atoms. The highest BCUT2D eigenvalue weighted by atomic mass is 35.5. The number of hydrogen-bond donors (Lipinski definition) is 1. The molecule has 0 aliphatic rings. The van der Waals surface area contributed by atoms with Crippen LogP contribution in [0.25, 0.3) is 0 Å². The Bertz CT molecular complexity index is 1180. The molecule has 9 heteroatoms. The molecule has 0 aliphatic carbocycles. The zero-order valence-corrected chi connectivity index (χ0v) is 17.2. The zero-order valence-electron chi connectivity index (χ0n) is 15.6. The second-order valence-electron chi connectivity index (χ2n) is 6.38. The van der Waals surface area contributed by atoms with Gasteiger partial charge in [-0.1, -0.05) is 35.9 Å². The summed E-state index contributed by atoms with van der Waals surface area (Å²) in [6.07, 6.45) is 1.53. The molecule has 0 saturated heterocycles. The van der Waals surface area contributed by atoms with Crippen molar-refractivity contribution in [2.75, 3.05) is 5.32 Å². The monoisotopic (exact) mass is 442 g/mol. The van der Waals surface area contributed by atoms with Crippen molar-refractivity contribution in [3.63, 3.8) is 0 Å². The van der Waals surface area contributed by atoms with E-state index in [0.29, 0.717) is 22.2 Å². The van der Waals surface area contributed by atoms with Gasteiger partial charge in [-0.3, -0.25) is 10.1 Å². The molecule has 0 unspecified atom stereocenters. The normalized spacial score (nSPS) is 10.7. The van der Waals surface area contributed by atoms with E-state index in [1.54, 1.807) is 22.9 Å². The predicted octanol–water partition coefficient (Wildman–Crippen LogP) is 5.01. The second-order valence-corrected chi connectivity index (χ2v) is 7.69. The van der Waals surface area contributed by atoms with Gasteiger partial charge in [-0.15, -0.1) is 16.4 Å². The number of halogens is 2. The van der Waals surface area contributed by atoms with Crippen molar-refractivity contribution in [1.82, 2.24) is 14.8 Å².